The predicted octanol–water partition coefficient (Wildman–Crippen LogP) is 5.27. The quantitative estimate of drug-likeness (QED) is 0.607. The van der Waals surface area contributed by atoms with Crippen LogP contribution in [0.3, 0.4) is 0 Å². The fourth-order valence-corrected chi connectivity index (χ4v) is 3.22. The van der Waals surface area contributed by atoms with Gasteiger partial charge in [-0.3, -0.25) is 10.1 Å². The van der Waals surface area contributed by atoms with Gasteiger partial charge in [0.25, 0.3) is 5.91 Å². The van der Waals surface area contributed by atoms with Gasteiger partial charge in [-0.2, -0.15) is 13.2 Å². The van der Waals surface area contributed by atoms with E-state index in [9.17, 15) is 18.0 Å². The number of ether oxygens (including phenoxy) is 1. The SMILES string of the molecule is COCCc1ccc(-c2csc(NC(=O)c3ccc(C(F)(F)F)cc3)n2)cc1. The van der Waals surface area contributed by atoms with Crippen LogP contribution in [-0.2, 0) is 17.3 Å². The summed E-state index contributed by atoms with van der Waals surface area (Å²) < 4.78 is 42.9. The summed E-state index contributed by atoms with van der Waals surface area (Å²) in [5, 5.41) is 4.81. The van der Waals surface area contributed by atoms with Crippen molar-refractivity contribution >= 4 is 22.4 Å². The summed E-state index contributed by atoms with van der Waals surface area (Å²) in [5.41, 5.74) is 2.11. The molecule has 0 spiro atoms. The number of rotatable bonds is 6. The molecule has 1 aromatic heterocycles. The Kier molecular flexibility index (Phi) is 6.11. The largest absolute Gasteiger partial charge is 0.416 e. The number of alkyl halides is 3. The van der Waals surface area contributed by atoms with Crippen molar-refractivity contribution < 1.29 is 22.7 Å². The van der Waals surface area contributed by atoms with Crippen molar-refractivity contribution in [1.29, 1.82) is 0 Å². The molecule has 0 radical (unpaired) electrons. The summed E-state index contributed by atoms with van der Waals surface area (Å²) in [6.07, 6.45) is -3.61. The van der Waals surface area contributed by atoms with E-state index in [0.717, 1.165) is 41.8 Å². The third-order valence-corrected chi connectivity index (χ3v) is 4.80. The van der Waals surface area contributed by atoms with E-state index in [1.807, 2.05) is 29.6 Å². The van der Waals surface area contributed by atoms with Crippen LogP contribution in [-0.4, -0.2) is 24.6 Å². The third kappa shape index (κ3) is 4.96. The molecule has 4 nitrogen and oxygen atoms in total. The summed E-state index contributed by atoms with van der Waals surface area (Å²) in [7, 11) is 1.66. The number of anilines is 1. The Hall–Kier alpha value is -2.71. The molecular formula is C20H17F3N2O2S. The van der Waals surface area contributed by atoms with Crippen molar-refractivity contribution in [2.45, 2.75) is 12.6 Å². The van der Waals surface area contributed by atoms with Crippen LogP contribution in [0.5, 0.6) is 0 Å². The first-order chi connectivity index (χ1) is 13.4. The van der Waals surface area contributed by atoms with Crippen LogP contribution in [0, 0.1) is 0 Å². The van der Waals surface area contributed by atoms with E-state index < -0.39 is 17.6 Å². The van der Waals surface area contributed by atoms with E-state index >= 15 is 0 Å². The first-order valence-corrected chi connectivity index (χ1v) is 9.27. The van der Waals surface area contributed by atoms with Gasteiger partial charge in [-0.05, 0) is 36.2 Å². The molecule has 0 bridgehead atoms. The minimum absolute atomic E-state index is 0.132. The Bertz CT molecular complexity index is 935. The molecule has 0 saturated carbocycles. The van der Waals surface area contributed by atoms with Gasteiger partial charge >= 0.3 is 6.18 Å². The van der Waals surface area contributed by atoms with Crippen molar-refractivity contribution in [3.8, 4) is 11.3 Å². The number of amides is 1. The Morgan fingerprint density at radius 3 is 2.39 bits per heavy atom. The highest BCUT2D eigenvalue weighted by molar-refractivity contribution is 7.14. The van der Waals surface area contributed by atoms with Crippen LogP contribution < -0.4 is 5.32 Å². The monoisotopic (exact) mass is 406 g/mol. The number of methoxy groups -OCH3 is 1. The highest BCUT2D eigenvalue weighted by atomic mass is 32.1. The Morgan fingerprint density at radius 1 is 1.11 bits per heavy atom. The van der Waals surface area contributed by atoms with E-state index in [2.05, 4.69) is 10.3 Å². The van der Waals surface area contributed by atoms with Crippen LogP contribution >= 0.6 is 11.3 Å². The third-order valence-electron chi connectivity index (χ3n) is 4.04. The lowest BCUT2D eigenvalue weighted by Gasteiger charge is -2.07. The number of carbonyl (C=O) groups excluding carboxylic acids is 1. The Morgan fingerprint density at radius 2 is 1.79 bits per heavy atom. The molecule has 28 heavy (non-hydrogen) atoms. The lowest BCUT2D eigenvalue weighted by atomic mass is 10.1. The Balaban J connectivity index is 1.66. The summed E-state index contributed by atoms with van der Waals surface area (Å²) in [4.78, 5) is 16.6. The zero-order valence-electron chi connectivity index (χ0n) is 14.9. The van der Waals surface area contributed by atoms with E-state index in [4.69, 9.17) is 4.74 Å². The molecule has 3 aromatic rings. The zero-order valence-corrected chi connectivity index (χ0v) is 15.7. The summed E-state index contributed by atoms with van der Waals surface area (Å²) in [5.74, 6) is -0.510. The van der Waals surface area contributed by atoms with Gasteiger partial charge in [-0.1, -0.05) is 24.3 Å². The fourth-order valence-electron chi connectivity index (χ4n) is 2.51. The number of nitrogens with one attached hydrogen (secondary N) is 1. The van der Waals surface area contributed by atoms with Crippen LogP contribution in [0.15, 0.2) is 53.9 Å². The van der Waals surface area contributed by atoms with Crippen molar-refractivity contribution in [3.05, 3.63) is 70.6 Å². The second kappa shape index (κ2) is 8.53. The highest BCUT2D eigenvalue weighted by Gasteiger charge is 2.30. The zero-order chi connectivity index (χ0) is 20.1. The van der Waals surface area contributed by atoms with Crippen LogP contribution in [0.1, 0.15) is 21.5 Å². The van der Waals surface area contributed by atoms with E-state index in [-0.39, 0.29) is 5.56 Å². The van der Waals surface area contributed by atoms with Gasteiger partial charge in [0.05, 0.1) is 17.9 Å². The molecule has 0 saturated heterocycles. The summed E-state index contributed by atoms with van der Waals surface area (Å²) in [6, 6.07) is 11.9. The average molecular weight is 406 g/mol. The molecular weight excluding hydrogens is 389 g/mol. The topological polar surface area (TPSA) is 51.2 Å². The predicted molar refractivity (Wildman–Crippen MR) is 103 cm³/mol. The summed E-state index contributed by atoms with van der Waals surface area (Å²) >= 11 is 1.25. The molecule has 1 heterocycles. The number of halogens is 3. The van der Waals surface area contributed by atoms with Gasteiger partial charge < -0.3 is 4.74 Å². The molecule has 0 aliphatic carbocycles. The molecule has 1 N–H and O–H groups in total. The van der Waals surface area contributed by atoms with Crippen LogP contribution in [0.4, 0.5) is 18.3 Å². The standard InChI is InChI=1S/C20H17F3N2O2S/c1-27-11-10-13-2-4-14(5-3-13)17-12-28-19(24-17)25-18(26)15-6-8-16(9-7-15)20(21,22)23/h2-9,12H,10-11H2,1H3,(H,24,25,26). The molecule has 2 aromatic carbocycles. The van der Waals surface area contributed by atoms with Crippen LogP contribution in [0.25, 0.3) is 11.3 Å². The number of aromatic nitrogens is 1. The number of hydrogen-bond acceptors (Lipinski definition) is 4. The lowest BCUT2D eigenvalue weighted by molar-refractivity contribution is -0.137. The molecule has 146 valence electrons. The summed E-state index contributed by atoms with van der Waals surface area (Å²) in [6.45, 7) is 0.649. The van der Waals surface area contributed by atoms with E-state index in [1.165, 1.54) is 11.3 Å². The minimum Gasteiger partial charge on any atom is -0.384 e. The number of hydrogen-bond donors (Lipinski definition) is 1. The van der Waals surface area contributed by atoms with Gasteiger partial charge in [-0.25, -0.2) is 4.98 Å². The second-order valence-electron chi connectivity index (χ2n) is 6.01. The molecule has 3 rings (SSSR count). The second-order valence-corrected chi connectivity index (χ2v) is 6.86. The first-order valence-electron chi connectivity index (χ1n) is 8.39. The first kappa shape index (κ1) is 20.0. The van der Waals surface area contributed by atoms with Crippen molar-refractivity contribution in [2.24, 2.45) is 0 Å². The van der Waals surface area contributed by atoms with Crippen molar-refractivity contribution in [2.75, 3.05) is 19.0 Å². The van der Waals surface area contributed by atoms with E-state index in [0.29, 0.717) is 17.4 Å². The maximum absolute atomic E-state index is 12.6. The van der Waals surface area contributed by atoms with Gasteiger partial charge in [0.15, 0.2) is 5.13 Å². The fraction of sp³-hybridized carbons (Fsp3) is 0.200. The van der Waals surface area contributed by atoms with Gasteiger partial charge in [0.1, 0.15) is 0 Å². The number of benzene rings is 2. The highest BCUT2D eigenvalue weighted by Crippen LogP contribution is 2.29. The molecule has 8 heteroatoms. The van der Waals surface area contributed by atoms with E-state index in [1.54, 1.807) is 7.11 Å². The smallest absolute Gasteiger partial charge is 0.384 e. The maximum Gasteiger partial charge on any atom is 0.416 e. The normalized spacial score (nSPS) is 11.4. The molecule has 0 aliphatic heterocycles. The van der Waals surface area contributed by atoms with Crippen molar-refractivity contribution in [1.82, 2.24) is 4.98 Å². The number of carbonyl (C=O) groups is 1. The Labute approximate surface area is 164 Å². The van der Waals surface area contributed by atoms with Crippen molar-refractivity contribution in [3.63, 3.8) is 0 Å². The van der Waals surface area contributed by atoms with Gasteiger partial charge in [-0.15, -0.1) is 11.3 Å². The minimum atomic E-state index is -4.43. The van der Waals surface area contributed by atoms with Gasteiger partial charge in [0, 0.05) is 23.6 Å². The van der Waals surface area contributed by atoms with Crippen LogP contribution in [0.2, 0.25) is 0 Å². The number of thiazole rings is 1. The maximum atomic E-state index is 12.6. The molecule has 0 fully saturated rings. The lowest BCUT2D eigenvalue weighted by Crippen LogP contribution is -2.12. The number of nitrogens with zero attached hydrogens (tertiary/aromatic N) is 1. The molecule has 0 aliphatic rings. The molecule has 0 atom stereocenters. The average Bonchev–Trinajstić information content (AvgIpc) is 3.14. The van der Waals surface area contributed by atoms with Gasteiger partial charge in [0.2, 0.25) is 0 Å². The molecule has 1 amide bonds. The molecule has 0 unspecified atom stereocenters.